The van der Waals surface area contributed by atoms with Gasteiger partial charge in [0.1, 0.15) is 5.58 Å². The Morgan fingerprint density at radius 3 is 1.70 bits per heavy atom. The van der Waals surface area contributed by atoms with E-state index in [0.717, 1.165) is 60.6 Å². The maximum Gasteiger partial charge on any atom is 0.166 e. The fraction of sp³-hybridized carbons (Fsp3) is 0. The maximum atomic E-state index is 6.24. The van der Waals surface area contributed by atoms with Crippen molar-refractivity contribution in [2.45, 2.75) is 0 Å². The third kappa shape index (κ3) is 5.96. The van der Waals surface area contributed by atoms with Crippen LogP contribution in [0.5, 0.6) is 0 Å². The van der Waals surface area contributed by atoms with E-state index >= 15 is 0 Å². The van der Waals surface area contributed by atoms with E-state index in [-0.39, 0.29) is 0 Å². The summed E-state index contributed by atoms with van der Waals surface area (Å²) >= 11 is 0. The van der Waals surface area contributed by atoms with Crippen molar-refractivity contribution in [3.05, 3.63) is 213 Å². The fourth-order valence-corrected chi connectivity index (χ4v) is 9.34. The number of benzene rings is 9. The molecule has 4 aromatic heterocycles. The van der Waals surface area contributed by atoms with Crippen LogP contribution >= 0.6 is 0 Å². The lowest BCUT2D eigenvalue weighted by Crippen LogP contribution is -2.01. The van der Waals surface area contributed by atoms with Gasteiger partial charge in [-0.3, -0.25) is 4.98 Å². The van der Waals surface area contributed by atoms with Gasteiger partial charge in [0.25, 0.3) is 0 Å². The highest BCUT2D eigenvalue weighted by atomic mass is 16.3. The van der Waals surface area contributed by atoms with Gasteiger partial charge in [0.2, 0.25) is 0 Å². The van der Waals surface area contributed by atoms with E-state index in [1.54, 1.807) is 6.20 Å². The van der Waals surface area contributed by atoms with Gasteiger partial charge in [0, 0.05) is 50.1 Å². The first-order valence-electron chi connectivity index (χ1n) is 21.4. The molecule has 9 aromatic carbocycles. The zero-order chi connectivity index (χ0) is 42.1. The number of hydrogen-bond donors (Lipinski definition) is 0. The van der Waals surface area contributed by atoms with Crippen LogP contribution in [0, 0.1) is 0 Å². The van der Waals surface area contributed by atoms with Gasteiger partial charge in [-0.2, -0.15) is 0 Å². The van der Waals surface area contributed by atoms with E-state index in [2.05, 4.69) is 185 Å². The normalized spacial score (nSPS) is 11.8. The van der Waals surface area contributed by atoms with Crippen molar-refractivity contribution in [1.29, 1.82) is 0 Å². The summed E-state index contributed by atoms with van der Waals surface area (Å²) in [5, 5.41) is 9.13. The number of furan rings is 1. The highest BCUT2D eigenvalue weighted by Crippen LogP contribution is 2.38. The van der Waals surface area contributed by atoms with Crippen molar-refractivity contribution >= 4 is 65.3 Å². The lowest BCUT2D eigenvalue weighted by molar-refractivity contribution is 0.667. The Hall–Kier alpha value is -8.74. The quantitative estimate of drug-likeness (QED) is 0.167. The molecule has 298 valence electrons. The van der Waals surface area contributed by atoms with Crippen molar-refractivity contribution in [3.63, 3.8) is 0 Å². The molecule has 6 heteroatoms. The maximum absolute atomic E-state index is 6.24. The van der Waals surface area contributed by atoms with E-state index in [1.807, 2.05) is 30.5 Å². The molecule has 0 saturated carbocycles. The molecule has 13 aromatic rings. The van der Waals surface area contributed by atoms with Crippen molar-refractivity contribution in [1.82, 2.24) is 24.5 Å². The molecule has 0 aliphatic rings. The average molecular weight is 818 g/mol. The van der Waals surface area contributed by atoms with Crippen LogP contribution in [0.25, 0.3) is 127 Å². The third-order valence-electron chi connectivity index (χ3n) is 12.5. The molecular formula is C58H35N5O. The summed E-state index contributed by atoms with van der Waals surface area (Å²) in [7, 11) is 0. The smallest absolute Gasteiger partial charge is 0.166 e. The molecule has 64 heavy (non-hydrogen) atoms. The lowest BCUT2D eigenvalue weighted by atomic mass is 10.00. The van der Waals surface area contributed by atoms with E-state index in [0.29, 0.717) is 23.1 Å². The molecule has 0 radical (unpaired) electrons. The Kier molecular flexibility index (Phi) is 8.11. The standard InChI is InChI=1S/C58H35N5O/c1-2-10-36(11-3-1)42-22-23-44-31-45(25-24-43(44)30-42)57-60-56(61-58(62-57)50-34-59-35-54-55(50)48-15-7-9-17-53(48)64-54)39-20-18-37(19-21-39)38-26-28-46(29-27-38)63-51-16-8-6-14-47(51)49-32-40-12-4-5-13-41(40)33-52(49)63/h1-35H. The molecular weight excluding hydrogens is 783 g/mol. The number of nitrogens with zero attached hydrogens (tertiary/aromatic N) is 5. The Bertz CT molecular complexity index is 3940. The molecule has 0 aliphatic carbocycles. The van der Waals surface area contributed by atoms with Crippen LogP contribution in [0.2, 0.25) is 0 Å². The summed E-state index contributed by atoms with van der Waals surface area (Å²) in [4.78, 5) is 20.0. The van der Waals surface area contributed by atoms with Crippen molar-refractivity contribution < 1.29 is 4.42 Å². The van der Waals surface area contributed by atoms with Crippen LogP contribution in [0.15, 0.2) is 217 Å². The summed E-state index contributed by atoms with van der Waals surface area (Å²) in [6, 6.07) is 70.7. The second-order valence-corrected chi connectivity index (χ2v) is 16.3. The molecule has 0 atom stereocenters. The summed E-state index contributed by atoms with van der Waals surface area (Å²) in [5.41, 5.74) is 12.1. The Morgan fingerprint density at radius 2 is 0.906 bits per heavy atom. The molecule has 0 aliphatic heterocycles. The number of fused-ring (bicyclic) bond motifs is 8. The molecule has 0 amide bonds. The molecule has 0 unspecified atom stereocenters. The first-order chi connectivity index (χ1) is 31.7. The highest BCUT2D eigenvalue weighted by Gasteiger charge is 2.19. The van der Waals surface area contributed by atoms with E-state index in [4.69, 9.17) is 19.4 Å². The topological polar surface area (TPSA) is 69.6 Å². The Labute approximate surface area is 367 Å². The van der Waals surface area contributed by atoms with Crippen LogP contribution in [-0.4, -0.2) is 24.5 Å². The van der Waals surface area contributed by atoms with Gasteiger partial charge in [-0.1, -0.05) is 152 Å². The van der Waals surface area contributed by atoms with Gasteiger partial charge in [-0.15, -0.1) is 0 Å². The van der Waals surface area contributed by atoms with Gasteiger partial charge in [-0.25, -0.2) is 15.0 Å². The Morgan fingerprint density at radius 1 is 0.344 bits per heavy atom. The van der Waals surface area contributed by atoms with E-state index in [9.17, 15) is 0 Å². The van der Waals surface area contributed by atoms with Gasteiger partial charge >= 0.3 is 0 Å². The highest BCUT2D eigenvalue weighted by molar-refractivity contribution is 6.14. The number of rotatable bonds is 6. The van der Waals surface area contributed by atoms with E-state index < -0.39 is 0 Å². The number of aromatic nitrogens is 5. The molecule has 0 fully saturated rings. The van der Waals surface area contributed by atoms with Crippen molar-refractivity contribution in [2.75, 3.05) is 0 Å². The van der Waals surface area contributed by atoms with Crippen LogP contribution < -0.4 is 0 Å². The van der Waals surface area contributed by atoms with Crippen LogP contribution in [0.4, 0.5) is 0 Å². The van der Waals surface area contributed by atoms with E-state index in [1.165, 1.54) is 43.7 Å². The van der Waals surface area contributed by atoms with Crippen molar-refractivity contribution in [2.24, 2.45) is 0 Å². The minimum atomic E-state index is 0.530. The van der Waals surface area contributed by atoms with Crippen molar-refractivity contribution in [3.8, 4) is 62.1 Å². The zero-order valence-corrected chi connectivity index (χ0v) is 34.4. The van der Waals surface area contributed by atoms with Crippen LogP contribution in [0.1, 0.15) is 0 Å². The summed E-state index contributed by atoms with van der Waals surface area (Å²) in [6.45, 7) is 0. The number of hydrogen-bond acceptors (Lipinski definition) is 5. The molecule has 13 rings (SSSR count). The second kappa shape index (κ2) is 14.4. The molecule has 0 bridgehead atoms. The third-order valence-corrected chi connectivity index (χ3v) is 12.5. The zero-order valence-electron chi connectivity index (χ0n) is 34.4. The van der Waals surface area contributed by atoms with Crippen LogP contribution in [0.3, 0.4) is 0 Å². The fourth-order valence-electron chi connectivity index (χ4n) is 9.34. The minimum Gasteiger partial charge on any atom is -0.454 e. The Balaban J connectivity index is 0.893. The second-order valence-electron chi connectivity index (χ2n) is 16.3. The van der Waals surface area contributed by atoms with Gasteiger partial charge in [-0.05, 0) is 92.3 Å². The predicted octanol–water partition coefficient (Wildman–Crippen LogP) is 14.9. The van der Waals surface area contributed by atoms with Gasteiger partial charge < -0.3 is 8.98 Å². The first kappa shape index (κ1) is 36.0. The average Bonchev–Trinajstić information content (AvgIpc) is 3.91. The first-order valence-corrected chi connectivity index (χ1v) is 21.4. The lowest BCUT2D eigenvalue weighted by Gasteiger charge is -2.11. The van der Waals surface area contributed by atoms with Gasteiger partial charge in [0.05, 0.1) is 17.2 Å². The largest absolute Gasteiger partial charge is 0.454 e. The minimum absolute atomic E-state index is 0.530. The summed E-state index contributed by atoms with van der Waals surface area (Å²) < 4.78 is 8.61. The SMILES string of the molecule is c1ccc(-c2ccc3cc(-c4nc(-c5ccc(-c6ccc(-n7c8ccccc8c8cc9ccccc9cc87)cc6)cc5)nc(-c5cncc6oc7ccccc7c56)n4)ccc3c2)cc1. The molecule has 0 N–H and O–H groups in total. The predicted molar refractivity (Wildman–Crippen MR) is 261 cm³/mol. The molecule has 0 saturated heterocycles. The molecule has 4 heterocycles. The van der Waals surface area contributed by atoms with Crippen LogP contribution in [-0.2, 0) is 0 Å². The number of pyridine rings is 1. The summed E-state index contributed by atoms with van der Waals surface area (Å²) in [6.07, 6.45) is 3.58. The molecule has 6 nitrogen and oxygen atoms in total. The molecule has 0 spiro atoms. The monoisotopic (exact) mass is 817 g/mol. The van der Waals surface area contributed by atoms with Gasteiger partial charge in [0.15, 0.2) is 23.1 Å². The summed E-state index contributed by atoms with van der Waals surface area (Å²) in [5.74, 6) is 1.68. The number of para-hydroxylation sites is 2.